The number of fused-ring (bicyclic) bond motifs is 7. The molecule has 3 aromatic carbocycles. The molecule has 122 valence electrons. The second-order valence-electron chi connectivity index (χ2n) is 6.64. The highest BCUT2D eigenvalue weighted by Gasteiger charge is 2.12. The molecule has 0 spiro atoms. The van der Waals surface area contributed by atoms with Crippen LogP contribution in [0.3, 0.4) is 0 Å². The van der Waals surface area contributed by atoms with Crippen LogP contribution in [0.4, 0.5) is 0 Å². The van der Waals surface area contributed by atoms with Gasteiger partial charge in [-0.05, 0) is 47.5 Å². The quantitative estimate of drug-likeness (QED) is 0.406. The zero-order chi connectivity index (χ0) is 17.1. The molecule has 0 radical (unpaired) electrons. The van der Waals surface area contributed by atoms with Crippen LogP contribution >= 0.6 is 0 Å². The first-order valence-electron chi connectivity index (χ1n) is 8.75. The summed E-state index contributed by atoms with van der Waals surface area (Å²) in [6, 6.07) is 29.6. The SMILES string of the molecule is c1ccc(-c2ccc3[nH]c4ccc5nc6ccccc6n5c4c3c2)cc1. The van der Waals surface area contributed by atoms with Crippen molar-refractivity contribution in [3.05, 3.63) is 84.9 Å². The molecule has 0 atom stereocenters. The van der Waals surface area contributed by atoms with Crippen LogP contribution in [0.5, 0.6) is 0 Å². The van der Waals surface area contributed by atoms with E-state index in [1.54, 1.807) is 0 Å². The van der Waals surface area contributed by atoms with Gasteiger partial charge in [-0.25, -0.2) is 4.98 Å². The summed E-state index contributed by atoms with van der Waals surface area (Å²) in [4.78, 5) is 8.34. The van der Waals surface area contributed by atoms with E-state index in [0.29, 0.717) is 0 Å². The molecule has 0 saturated carbocycles. The lowest BCUT2D eigenvalue weighted by atomic mass is 10.0. The van der Waals surface area contributed by atoms with Crippen LogP contribution in [-0.4, -0.2) is 14.4 Å². The van der Waals surface area contributed by atoms with Crippen LogP contribution in [0.2, 0.25) is 0 Å². The monoisotopic (exact) mass is 333 g/mol. The lowest BCUT2D eigenvalue weighted by Crippen LogP contribution is -1.86. The maximum atomic E-state index is 4.78. The Balaban J connectivity index is 1.79. The number of para-hydroxylation sites is 2. The average Bonchev–Trinajstić information content (AvgIpc) is 3.25. The van der Waals surface area contributed by atoms with Gasteiger partial charge in [0.2, 0.25) is 0 Å². The van der Waals surface area contributed by atoms with Crippen molar-refractivity contribution in [2.24, 2.45) is 0 Å². The van der Waals surface area contributed by atoms with Crippen molar-refractivity contribution >= 4 is 38.6 Å². The molecule has 0 unspecified atom stereocenters. The van der Waals surface area contributed by atoms with Gasteiger partial charge in [-0.1, -0.05) is 48.5 Å². The van der Waals surface area contributed by atoms with E-state index in [9.17, 15) is 0 Å². The predicted molar refractivity (Wildman–Crippen MR) is 107 cm³/mol. The predicted octanol–water partition coefficient (Wildman–Crippen LogP) is 5.79. The Hall–Kier alpha value is -3.59. The van der Waals surface area contributed by atoms with Crippen molar-refractivity contribution in [1.29, 1.82) is 0 Å². The smallest absolute Gasteiger partial charge is 0.138 e. The molecule has 3 heteroatoms. The maximum absolute atomic E-state index is 4.78. The molecule has 0 amide bonds. The van der Waals surface area contributed by atoms with Crippen LogP contribution in [0.25, 0.3) is 49.7 Å². The molecule has 0 aliphatic heterocycles. The fraction of sp³-hybridized carbons (Fsp3) is 0. The molecule has 0 fully saturated rings. The normalized spacial score (nSPS) is 11.8. The van der Waals surface area contributed by atoms with Gasteiger partial charge in [0, 0.05) is 10.9 Å². The number of nitrogens with zero attached hydrogens (tertiary/aromatic N) is 2. The van der Waals surface area contributed by atoms with E-state index < -0.39 is 0 Å². The zero-order valence-corrected chi connectivity index (χ0v) is 14.0. The Morgan fingerprint density at radius 3 is 2.42 bits per heavy atom. The fourth-order valence-corrected chi connectivity index (χ4v) is 3.92. The topological polar surface area (TPSA) is 33.1 Å². The van der Waals surface area contributed by atoms with Gasteiger partial charge < -0.3 is 4.98 Å². The number of benzene rings is 3. The van der Waals surface area contributed by atoms with E-state index in [1.165, 1.54) is 22.0 Å². The third kappa shape index (κ3) is 1.80. The van der Waals surface area contributed by atoms with E-state index >= 15 is 0 Å². The molecule has 3 nitrogen and oxygen atoms in total. The van der Waals surface area contributed by atoms with Crippen LogP contribution in [0.15, 0.2) is 84.9 Å². The van der Waals surface area contributed by atoms with E-state index in [-0.39, 0.29) is 0 Å². The molecule has 6 aromatic rings. The van der Waals surface area contributed by atoms with Gasteiger partial charge in [0.15, 0.2) is 0 Å². The molecule has 6 rings (SSSR count). The van der Waals surface area contributed by atoms with Crippen molar-refractivity contribution in [3.8, 4) is 11.1 Å². The molecule has 1 N–H and O–H groups in total. The second-order valence-corrected chi connectivity index (χ2v) is 6.64. The van der Waals surface area contributed by atoms with E-state index in [0.717, 1.165) is 27.7 Å². The molecule has 3 aromatic heterocycles. The third-order valence-electron chi connectivity index (χ3n) is 5.12. The van der Waals surface area contributed by atoms with Gasteiger partial charge in [0.05, 0.1) is 22.1 Å². The molecule has 0 saturated heterocycles. The molecular weight excluding hydrogens is 318 g/mol. The molecule has 0 aliphatic rings. The number of aromatic nitrogens is 3. The summed E-state index contributed by atoms with van der Waals surface area (Å²) in [6.07, 6.45) is 0. The van der Waals surface area contributed by atoms with E-state index in [4.69, 9.17) is 4.98 Å². The van der Waals surface area contributed by atoms with Crippen LogP contribution in [0, 0.1) is 0 Å². The first-order valence-corrected chi connectivity index (χ1v) is 8.75. The fourth-order valence-electron chi connectivity index (χ4n) is 3.92. The van der Waals surface area contributed by atoms with Gasteiger partial charge in [0.25, 0.3) is 0 Å². The number of hydrogen-bond donors (Lipinski definition) is 1. The van der Waals surface area contributed by atoms with Gasteiger partial charge in [-0.2, -0.15) is 0 Å². The summed E-state index contributed by atoms with van der Waals surface area (Å²) in [5.74, 6) is 0. The average molecular weight is 333 g/mol. The van der Waals surface area contributed by atoms with Gasteiger partial charge in [0.1, 0.15) is 5.65 Å². The summed E-state index contributed by atoms with van der Waals surface area (Å²) >= 11 is 0. The number of aromatic amines is 1. The third-order valence-corrected chi connectivity index (χ3v) is 5.12. The molecule has 26 heavy (non-hydrogen) atoms. The lowest BCUT2D eigenvalue weighted by Gasteiger charge is -2.03. The number of rotatable bonds is 1. The maximum Gasteiger partial charge on any atom is 0.138 e. The Morgan fingerprint density at radius 1 is 0.692 bits per heavy atom. The van der Waals surface area contributed by atoms with E-state index in [2.05, 4.69) is 88.2 Å². The minimum absolute atomic E-state index is 0.977. The van der Waals surface area contributed by atoms with Crippen LogP contribution in [0.1, 0.15) is 0 Å². The summed E-state index contributed by atoms with van der Waals surface area (Å²) in [5.41, 5.74) is 9.04. The van der Waals surface area contributed by atoms with Crippen LogP contribution < -0.4 is 0 Å². The Kier molecular flexibility index (Phi) is 2.61. The first-order chi connectivity index (χ1) is 12.9. The number of imidazole rings is 1. The largest absolute Gasteiger partial charge is 0.353 e. The van der Waals surface area contributed by atoms with Crippen molar-refractivity contribution in [3.63, 3.8) is 0 Å². The summed E-state index contributed by atoms with van der Waals surface area (Å²) < 4.78 is 2.26. The summed E-state index contributed by atoms with van der Waals surface area (Å²) in [5, 5.41) is 1.22. The zero-order valence-electron chi connectivity index (χ0n) is 14.0. The number of hydrogen-bond acceptors (Lipinski definition) is 1. The molecular formula is C23H15N3. The Labute approximate surface area is 149 Å². The number of H-pyrrole nitrogens is 1. The number of pyridine rings is 1. The van der Waals surface area contributed by atoms with Crippen molar-refractivity contribution in [2.75, 3.05) is 0 Å². The van der Waals surface area contributed by atoms with E-state index in [1.807, 2.05) is 6.07 Å². The highest BCUT2D eigenvalue weighted by Crippen LogP contribution is 2.32. The van der Waals surface area contributed by atoms with Gasteiger partial charge in [-0.3, -0.25) is 4.40 Å². The second kappa shape index (κ2) is 4.96. The lowest BCUT2D eigenvalue weighted by molar-refractivity contribution is 1.30. The summed E-state index contributed by atoms with van der Waals surface area (Å²) in [6.45, 7) is 0. The highest BCUT2D eigenvalue weighted by atomic mass is 15.0. The highest BCUT2D eigenvalue weighted by molar-refractivity contribution is 6.09. The van der Waals surface area contributed by atoms with Crippen molar-refractivity contribution in [1.82, 2.24) is 14.4 Å². The minimum atomic E-state index is 0.977. The summed E-state index contributed by atoms with van der Waals surface area (Å²) in [7, 11) is 0. The van der Waals surface area contributed by atoms with Crippen molar-refractivity contribution in [2.45, 2.75) is 0 Å². The van der Waals surface area contributed by atoms with Crippen molar-refractivity contribution < 1.29 is 0 Å². The minimum Gasteiger partial charge on any atom is -0.353 e. The molecule has 0 aliphatic carbocycles. The molecule has 0 bridgehead atoms. The van der Waals surface area contributed by atoms with Gasteiger partial charge in [-0.15, -0.1) is 0 Å². The number of nitrogens with one attached hydrogen (secondary N) is 1. The standard InChI is InChI=1S/C23H15N3/c1-2-6-15(7-3-1)16-10-11-18-17(14-16)23-20(24-18)12-13-22-25-19-8-4-5-9-21(19)26(22)23/h1-14,24H. The Bertz CT molecular complexity index is 1420. The molecule has 3 heterocycles. The van der Waals surface area contributed by atoms with Gasteiger partial charge >= 0.3 is 0 Å². The Morgan fingerprint density at radius 2 is 1.50 bits per heavy atom. The first kappa shape index (κ1) is 13.7. The van der Waals surface area contributed by atoms with Crippen LogP contribution in [-0.2, 0) is 0 Å².